The van der Waals surface area contributed by atoms with E-state index in [1.54, 1.807) is 0 Å². The smallest absolute Gasteiger partial charge is 0.118 e. The fourth-order valence-electron chi connectivity index (χ4n) is 1.24. The fraction of sp³-hybridized carbons (Fsp3) is 0.667. The van der Waals surface area contributed by atoms with Crippen LogP contribution >= 0.6 is 0 Å². The lowest BCUT2D eigenvalue weighted by molar-refractivity contribution is 0.293. The largest absolute Gasteiger partial charge is 0.464 e. The maximum atomic E-state index is 5.78. The normalized spacial score (nSPS) is 12.4. The van der Waals surface area contributed by atoms with Crippen molar-refractivity contribution in [2.75, 3.05) is 13.6 Å². The number of hydrogen-bond acceptors (Lipinski definition) is 2. The van der Waals surface area contributed by atoms with Crippen LogP contribution in [0.15, 0.2) is 16.5 Å². The van der Waals surface area contributed by atoms with E-state index in [4.69, 9.17) is 4.42 Å². The Hall–Kier alpha value is -0.760. The molecule has 1 aromatic heterocycles. The van der Waals surface area contributed by atoms with Crippen molar-refractivity contribution < 1.29 is 4.42 Å². The average Bonchev–Trinajstić information content (AvgIpc) is 2.51. The summed E-state index contributed by atoms with van der Waals surface area (Å²) in [6, 6.07) is 4.16. The lowest BCUT2D eigenvalue weighted by Crippen LogP contribution is -2.16. The monoisotopic (exact) mass is 195 g/mol. The van der Waals surface area contributed by atoms with E-state index in [0.29, 0.717) is 0 Å². The standard InChI is InChI=1S/C12H21NO/c1-6-13(5)9-10-7-8-11(14-10)12(2,3)4/h7-8H,6,9H2,1-5H3. The summed E-state index contributed by atoms with van der Waals surface area (Å²) < 4.78 is 5.78. The van der Waals surface area contributed by atoms with E-state index in [1.807, 2.05) is 0 Å². The minimum Gasteiger partial charge on any atom is -0.464 e. The molecule has 80 valence electrons. The highest BCUT2D eigenvalue weighted by Gasteiger charge is 2.18. The van der Waals surface area contributed by atoms with E-state index < -0.39 is 0 Å². The van der Waals surface area contributed by atoms with Gasteiger partial charge in [-0.15, -0.1) is 0 Å². The molecule has 0 saturated carbocycles. The Kier molecular flexibility index (Phi) is 3.38. The Morgan fingerprint density at radius 1 is 1.29 bits per heavy atom. The van der Waals surface area contributed by atoms with Crippen LogP contribution in [-0.4, -0.2) is 18.5 Å². The number of rotatable bonds is 3. The van der Waals surface area contributed by atoms with Crippen LogP contribution in [0.4, 0.5) is 0 Å². The summed E-state index contributed by atoms with van der Waals surface area (Å²) >= 11 is 0. The summed E-state index contributed by atoms with van der Waals surface area (Å²) in [6.07, 6.45) is 0. The molecule has 0 radical (unpaired) electrons. The number of furan rings is 1. The molecular weight excluding hydrogens is 174 g/mol. The van der Waals surface area contributed by atoms with E-state index in [0.717, 1.165) is 24.6 Å². The highest BCUT2D eigenvalue weighted by Crippen LogP contribution is 2.24. The highest BCUT2D eigenvalue weighted by atomic mass is 16.3. The second kappa shape index (κ2) is 4.18. The second-order valence-corrected chi connectivity index (χ2v) is 4.85. The zero-order valence-electron chi connectivity index (χ0n) is 9.92. The fourth-order valence-corrected chi connectivity index (χ4v) is 1.24. The molecular formula is C12H21NO. The van der Waals surface area contributed by atoms with E-state index in [-0.39, 0.29) is 5.41 Å². The molecule has 0 N–H and O–H groups in total. The Bertz CT molecular complexity index is 283. The average molecular weight is 195 g/mol. The second-order valence-electron chi connectivity index (χ2n) is 4.85. The lowest BCUT2D eigenvalue weighted by Gasteiger charge is -2.15. The molecule has 0 aliphatic carbocycles. The van der Waals surface area contributed by atoms with Gasteiger partial charge in [0.25, 0.3) is 0 Å². The Labute approximate surface area is 86.9 Å². The van der Waals surface area contributed by atoms with Crippen molar-refractivity contribution in [3.63, 3.8) is 0 Å². The van der Waals surface area contributed by atoms with E-state index in [1.165, 1.54) is 0 Å². The Morgan fingerprint density at radius 2 is 1.93 bits per heavy atom. The van der Waals surface area contributed by atoms with Gasteiger partial charge in [0.15, 0.2) is 0 Å². The summed E-state index contributed by atoms with van der Waals surface area (Å²) in [6.45, 7) is 10.6. The van der Waals surface area contributed by atoms with Gasteiger partial charge in [0.1, 0.15) is 11.5 Å². The van der Waals surface area contributed by atoms with Gasteiger partial charge in [-0.3, -0.25) is 4.90 Å². The molecule has 14 heavy (non-hydrogen) atoms. The predicted octanol–water partition coefficient (Wildman–Crippen LogP) is 3.03. The van der Waals surface area contributed by atoms with E-state index in [9.17, 15) is 0 Å². The summed E-state index contributed by atoms with van der Waals surface area (Å²) in [5, 5.41) is 0. The van der Waals surface area contributed by atoms with Gasteiger partial charge in [0.05, 0.1) is 6.54 Å². The first-order valence-corrected chi connectivity index (χ1v) is 5.21. The van der Waals surface area contributed by atoms with E-state index >= 15 is 0 Å². The van der Waals surface area contributed by atoms with Crippen LogP contribution in [0, 0.1) is 0 Å². The van der Waals surface area contributed by atoms with Crippen molar-refractivity contribution in [3.8, 4) is 0 Å². The molecule has 1 rings (SSSR count). The molecule has 0 aliphatic heterocycles. The first-order chi connectivity index (χ1) is 6.43. The molecule has 0 amide bonds. The molecule has 0 aliphatic rings. The molecule has 0 fully saturated rings. The maximum absolute atomic E-state index is 5.78. The predicted molar refractivity (Wildman–Crippen MR) is 59.4 cm³/mol. The van der Waals surface area contributed by atoms with Crippen LogP contribution in [0.1, 0.15) is 39.2 Å². The number of hydrogen-bond donors (Lipinski definition) is 0. The minimum absolute atomic E-state index is 0.114. The van der Waals surface area contributed by atoms with Crippen molar-refractivity contribution in [2.45, 2.75) is 39.7 Å². The summed E-state index contributed by atoms with van der Waals surface area (Å²) in [4.78, 5) is 2.23. The quantitative estimate of drug-likeness (QED) is 0.737. The molecule has 0 unspecified atom stereocenters. The molecule has 0 bridgehead atoms. The summed E-state index contributed by atoms with van der Waals surface area (Å²) in [5.74, 6) is 2.12. The third kappa shape index (κ3) is 2.88. The molecule has 1 heterocycles. The van der Waals surface area contributed by atoms with Crippen LogP contribution in [0.3, 0.4) is 0 Å². The third-order valence-electron chi connectivity index (χ3n) is 2.37. The van der Waals surface area contributed by atoms with Gasteiger partial charge >= 0.3 is 0 Å². The van der Waals surface area contributed by atoms with Crippen LogP contribution < -0.4 is 0 Å². The van der Waals surface area contributed by atoms with Crippen molar-refractivity contribution in [2.24, 2.45) is 0 Å². The third-order valence-corrected chi connectivity index (χ3v) is 2.37. The number of nitrogens with zero attached hydrogens (tertiary/aromatic N) is 1. The van der Waals surface area contributed by atoms with Gasteiger partial charge in [-0.2, -0.15) is 0 Å². The minimum atomic E-state index is 0.114. The van der Waals surface area contributed by atoms with Crippen molar-refractivity contribution in [1.82, 2.24) is 4.90 Å². The summed E-state index contributed by atoms with van der Waals surface area (Å²) in [5.41, 5.74) is 0.114. The maximum Gasteiger partial charge on any atom is 0.118 e. The SMILES string of the molecule is CCN(C)Cc1ccc(C(C)(C)C)o1. The molecule has 2 nitrogen and oxygen atoms in total. The van der Waals surface area contributed by atoms with Crippen LogP contribution in [-0.2, 0) is 12.0 Å². The van der Waals surface area contributed by atoms with Gasteiger partial charge in [0.2, 0.25) is 0 Å². The molecule has 0 spiro atoms. The van der Waals surface area contributed by atoms with Gasteiger partial charge in [-0.05, 0) is 25.7 Å². The highest BCUT2D eigenvalue weighted by molar-refractivity contribution is 5.14. The van der Waals surface area contributed by atoms with Crippen LogP contribution in [0.25, 0.3) is 0 Å². The van der Waals surface area contributed by atoms with Crippen molar-refractivity contribution in [3.05, 3.63) is 23.7 Å². The molecule has 2 heteroatoms. The first-order valence-electron chi connectivity index (χ1n) is 5.21. The van der Waals surface area contributed by atoms with Crippen LogP contribution in [0.5, 0.6) is 0 Å². The van der Waals surface area contributed by atoms with Crippen molar-refractivity contribution in [1.29, 1.82) is 0 Å². The van der Waals surface area contributed by atoms with Crippen LogP contribution in [0.2, 0.25) is 0 Å². The van der Waals surface area contributed by atoms with Gasteiger partial charge in [0, 0.05) is 5.41 Å². The van der Waals surface area contributed by atoms with E-state index in [2.05, 4.69) is 51.8 Å². The first kappa shape index (κ1) is 11.3. The molecule has 0 saturated heterocycles. The van der Waals surface area contributed by atoms with Crippen molar-refractivity contribution >= 4 is 0 Å². The Morgan fingerprint density at radius 3 is 2.36 bits per heavy atom. The van der Waals surface area contributed by atoms with Gasteiger partial charge in [-0.1, -0.05) is 27.7 Å². The summed E-state index contributed by atoms with van der Waals surface area (Å²) in [7, 11) is 2.10. The lowest BCUT2D eigenvalue weighted by atomic mass is 9.94. The van der Waals surface area contributed by atoms with Gasteiger partial charge < -0.3 is 4.42 Å². The zero-order valence-corrected chi connectivity index (χ0v) is 9.92. The topological polar surface area (TPSA) is 16.4 Å². The zero-order chi connectivity index (χ0) is 10.8. The molecule has 1 aromatic rings. The molecule has 0 atom stereocenters. The molecule has 0 aromatic carbocycles. The van der Waals surface area contributed by atoms with Gasteiger partial charge in [-0.25, -0.2) is 0 Å². The Balaban J connectivity index is 2.69.